The van der Waals surface area contributed by atoms with E-state index in [2.05, 4.69) is 4.98 Å². The Morgan fingerprint density at radius 3 is 2.59 bits per heavy atom. The second-order valence-corrected chi connectivity index (χ2v) is 8.56. The molecule has 1 aromatic carbocycles. The van der Waals surface area contributed by atoms with Gasteiger partial charge in [-0.15, -0.1) is 0 Å². The minimum absolute atomic E-state index is 0.210. The molecule has 0 spiro atoms. The van der Waals surface area contributed by atoms with Crippen LogP contribution in [0.25, 0.3) is 0 Å². The van der Waals surface area contributed by atoms with Gasteiger partial charge in [-0.1, -0.05) is 19.9 Å². The van der Waals surface area contributed by atoms with Crippen LogP contribution < -0.4 is 4.90 Å². The number of anilines is 1. The average molecular weight is 374 g/mol. The van der Waals surface area contributed by atoms with Crippen molar-refractivity contribution in [2.75, 3.05) is 11.4 Å². The van der Waals surface area contributed by atoms with Crippen LogP contribution in [0.4, 0.5) is 19.3 Å². The first-order valence-corrected chi connectivity index (χ1v) is 8.90. The summed E-state index contributed by atoms with van der Waals surface area (Å²) in [6.45, 7) is 10.0. The highest BCUT2D eigenvalue weighted by molar-refractivity contribution is 5.91. The number of fused-ring (bicyclic) bond motifs is 1. The van der Waals surface area contributed by atoms with Crippen molar-refractivity contribution in [3.63, 3.8) is 0 Å². The molecule has 2 heterocycles. The lowest BCUT2D eigenvalue weighted by Gasteiger charge is -2.26. The molecule has 0 atom stereocenters. The van der Waals surface area contributed by atoms with Gasteiger partial charge in [0.2, 0.25) is 0 Å². The summed E-state index contributed by atoms with van der Waals surface area (Å²) < 4.78 is 32.6. The highest BCUT2D eigenvalue weighted by Gasteiger charge is 2.40. The number of hydrogen-bond acceptors (Lipinski definition) is 3. The third-order valence-corrected chi connectivity index (χ3v) is 4.51. The molecule has 144 valence electrons. The Bertz CT molecular complexity index is 888. The number of aromatic nitrogens is 1. The fraction of sp³-hybridized carbons (Fsp3) is 0.429. The molecule has 0 unspecified atom stereocenters. The molecule has 4 nitrogen and oxygen atoms in total. The molecular weight excluding hydrogens is 350 g/mol. The van der Waals surface area contributed by atoms with E-state index in [0.717, 1.165) is 17.3 Å². The molecule has 0 N–H and O–H groups in total. The van der Waals surface area contributed by atoms with Crippen LogP contribution in [0, 0.1) is 11.6 Å². The van der Waals surface area contributed by atoms with E-state index in [-0.39, 0.29) is 11.8 Å². The summed E-state index contributed by atoms with van der Waals surface area (Å²) in [5, 5.41) is 0. The van der Waals surface area contributed by atoms with E-state index >= 15 is 0 Å². The van der Waals surface area contributed by atoms with Gasteiger partial charge in [-0.3, -0.25) is 9.88 Å². The monoisotopic (exact) mass is 374 g/mol. The topological polar surface area (TPSA) is 42.4 Å². The quantitative estimate of drug-likeness (QED) is 0.744. The van der Waals surface area contributed by atoms with E-state index < -0.39 is 23.3 Å². The summed E-state index contributed by atoms with van der Waals surface area (Å²) in [7, 11) is 0. The zero-order chi connectivity index (χ0) is 20.0. The van der Waals surface area contributed by atoms with Crippen LogP contribution in [0.3, 0.4) is 0 Å². The van der Waals surface area contributed by atoms with Crippen LogP contribution in [-0.2, 0) is 16.6 Å². The van der Waals surface area contributed by atoms with Crippen molar-refractivity contribution < 1.29 is 18.3 Å². The van der Waals surface area contributed by atoms with Gasteiger partial charge in [0, 0.05) is 41.9 Å². The summed E-state index contributed by atoms with van der Waals surface area (Å²) in [6.07, 6.45) is 1.53. The summed E-state index contributed by atoms with van der Waals surface area (Å²) in [6, 6.07) is 5.28. The standard InChI is InChI=1S/C21H24F2N2O2/c1-20(2,3)27-19(26)25-12-21(4,5)16-11-24-15(10-18(16)25)8-13-6-7-14(22)9-17(13)23/h6-7,9-11H,8,12H2,1-5H3. The molecule has 0 aliphatic carbocycles. The Kier molecular flexibility index (Phi) is 4.70. The number of nitrogens with zero attached hydrogens (tertiary/aromatic N) is 2. The van der Waals surface area contributed by atoms with Gasteiger partial charge in [0.05, 0.1) is 5.69 Å². The van der Waals surface area contributed by atoms with Crippen LogP contribution in [-0.4, -0.2) is 23.2 Å². The third kappa shape index (κ3) is 4.10. The summed E-state index contributed by atoms with van der Waals surface area (Å²) in [5.41, 5.74) is 1.75. The SMILES string of the molecule is CC(C)(C)OC(=O)N1CC(C)(C)c2cnc(Cc3ccc(F)cc3F)cc21. The fourth-order valence-corrected chi connectivity index (χ4v) is 3.23. The maximum Gasteiger partial charge on any atom is 0.414 e. The van der Waals surface area contributed by atoms with E-state index in [9.17, 15) is 13.6 Å². The number of rotatable bonds is 2. The van der Waals surface area contributed by atoms with Gasteiger partial charge >= 0.3 is 6.09 Å². The van der Waals surface area contributed by atoms with Gasteiger partial charge in [0.1, 0.15) is 17.2 Å². The summed E-state index contributed by atoms with van der Waals surface area (Å²) >= 11 is 0. The van der Waals surface area contributed by atoms with E-state index in [0.29, 0.717) is 17.8 Å². The predicted octanol–water partition coefficient (Wildman–Crippen LogP) is 4.98. The Morgan fingerprint density at radius 2 is 1.96 bits per heavy atom. The van der Waals surface area contributed by atoms with Gasteiger partial charge in [-0.2, -0.15) is 0 Å². The Balaban J connectivity index is 1.93. The third-order valence-electron chi connectivity index (χ3n) is 4.51. The van der Waals surface area contributed by atoms with Crippen molar-refractivity contribution in [2.24, 2.45) is 0 Å². The van der Waals surface area contributed by atoms with Crippen LogP contribution in [0.2, 0.25) is 0 Å². The van der Waals surface area contributed by atoms with Crippen LogP contribution in [0.15, 0.2) is 30.5 Å². The maximum absolute atomic E-state index is 14.0. The second kappa shape index (κ2) is 6.59. The Morgan fingerprint density at radius 1 is 1.26 bits per heavy atom. The molecular formula is C21H24F2N2O2. The van der Waals surface area contributed by atoms with Gasteiger partial charge in [0.25, 0.3) is 0 Å². The molecule has 2 aromatic rings. The van der Waals surface area contributed by atoms with Crippen LogP contribution >= 0.6 is 0 Å². The molecule has 27 heavy (non-hydrogen) atoms. The molecule has 1 aromatic heterocycles. The molecule has 0 saturated heterocycles. The number of carbonyl (C=O) groups is 1. The van der Waals surface area contributed by atoms with Gasteiger partial charge in [-0.05, 0) is 38.5 Å². The Labute approximate surface area is 158 Å². The van der Waals surface area contributed by atoms with E-state index in [1.54, 1.807) is 17.2 Å². The van der Waals surface area contributed by atoms with Crippen molar-refractivity contribution in [3.05, 3.63) is 58.9 Å². The normalized spacial score (nSPS) is 15.6. The van der Waals surface area contributed by atoms with Gasteiger partial charge in [0.15, 0.2) is 0 Å². The number of halogens is 2. The minimum Gasteiger partial charge on any atom is -0.443 e. The molecule has 0 saturated carbocycles. The Hall–Kier alpha value is -2.50. The van der Waals surface area contributed by atoms with Gasteiger partial charge < -0.3 is 4.74 Å². The average Bonchev–Trinajstić information content (AvgIpc) is 2.80. The molecule has 0 bridgehead atoms. The fourth-order valence-electron chi connectivity index (χ4n) is 3.23. The number of carbonyl (C=O) groups excluding carboxylic acids is 1. The van der Waals surface area contributed by atoms with Crippen molar-refractivity contribution in [1.29, 1.82) is 0 Å². The molecule has 0 radical (unpaired) electrons. The first-order valence-electron chi connectivity index (χ1n) is 8.90. The lowest BCUT2D eigenvalue weighted by molar-refractivity contribution is 0.0579. The lowest BCUT2D eigenvalue weighted by atomic mass is 9.88. The van der Waals surface area contributed by atoms with Crippen molar-refractivity contribution in [3.8, 4) is 0 Å². The minimum atomic E-state index is -0.615. The zero-order valence-electron chi connectivity index (χ0n) is 16.3. The smallest absolute Gasteiger partial charge is 0.414 e. The molecule has 3 rings (SSSR count). The number of hydrogen-bond donors (Lipinski definition) is 0. The van der Waals surface area contributed by atoms with Crippen molar-refractivity contribution in [1.82, 2.24) is 4.98 Å². The molecule has 1 aliphatic heterocycles. The van der Waals surface area contributed by atoms with E-state index in [1.165, 1.54) is 12.1 Å². The molecule has 0 fully saturated rings. The lowest BCUT2D eigenvalue weighted by Crippen LogP contribution is -2.38. The highest BCUT2D eigenvalue weighted by atomic mass is 19.1. The van der Waals surface area contributed by atoms with Crippen LogP contribution in [0.1, 0.15) is 51.4 Å². The number of benzene rings is 1. The van der Waals surface area contributed by atoms with Crippen molar-refractivity contribution in [2.45, 2.75) is 52.1 Å². The van der Waals surface area contributed by atoms with E-state index in [1.807, 2.05) is 34.6 Å². The number of pyridine rings is 1. The molecule has 1 aliphatic rings. The second-order valence-electron chi connectivity index (χ2n) is 8.56. The molecule has 6 heteroatoms. The van der Waals surface area contributed by atoms with Gasteiger partial charge in [-0.25, -0.2) is 13.6 Å². The van der Waals surface area contributed by atoms with E-state index in [4.69, 9.17) is 4.74 Å². The first kappa shape index (κ1) is 19.3. The molecule has 1 amide bonds. The zero-order valence-corrected chi connectivity index (χ0v) is 16.3. The number of amides is 1. The summed E-state index contributed by atoms with van der Waals surface area (Å²) in [4.78, 5) is 18.7. The van der Waals surface area contributed by atoms with Crippen LogP contribution in [0.5, 0.6) is 0 Å². The van der Waals surface area contributed by atoms with Crippen molar-refractivity contribution >= 4 is 11.8 Å². The maximum atomic E-state index is 14.0. The summed E-state index contributed by atoms with van der Waals surface area (Å²) in [5.74, 6) is -1.22. The number of ether oxygens (including phenoxy) is 1. The first-order chi connectivity index (χ1) is 12.5. The largest absolute Gasteiger partial charge is 0.443 e. The predicted molar refractivity (Wildman–Crippen MR) is 100 cm³/mol. The highest BCUT2D eigenvalue weighted by Crippen LogP contribution is 2.41.